The van der Waals surface area contributed by atoms with Gasteiger partial charge in [-0.15, -0.1) is 0 Å². The third kappa shape index (κ3) is 4.11. The summed E-state index contributed by atoms with van der Waals surface area (Å²) in [7, 11) is 0. The van der Waals surface area contributed by atoms with Crippen LogP contribution in [0.1, 0.15) is 10.4 Å². The Morgan fingerprint density at radius 1 is 0.870 bits per heavy atom. The van der Waals surface area contributed by atoms with Crippen molar-refractivity contribution in [2.24, 2.45) is 0 Å². The van der Waals surface area contributed by atoms with E-state index in [1.54, 1.807) is 6.07 Å². The van der Waals surface area contributed by atoms with Crippen molar-refractivity contribution in [1.82, 2.24) is 0 Å². The molecule has 0 bridgehead atoms. The molecule has 3 aromatic carbocycles. The Hall–Kier alpha value is -2.33. The van der Waals surface area contributed by atoms with Gasteiger partial charge in [-0.25, -0.2) is 4.79 Å². The molecule has 3 rings (SSSR count). The molecule has 0 amide bonds. The van der Waals surface area contributed by atoms with Crippen molar-refractivity contribution in [3.63, 3.8) is 0 Å². The maximum Gasteiger partial charge on any atom is 0.338 e. The van der Waals surface area contributed by atoms with Crippen LogP contribution in [0.3, 0.4) is 0 Å². The maximum atomic E-state index is 12.1. The van der Waals surface area contributed by atoms with Crippen LogP contribution < -0.4 is 4.74 Å². The molecule has 0 saturated heterocycles. The lowest BCUT2D eigenvalue weighted by molar-refractivity contribution is 0.0450. The van der Waals surface area contributed by atoms with E-state index in [9.17, 15) is 4.79 Å². The SMILES string of the molecule is O=C(OCCOc1cccc(Br)c1)c1ccc2ccccc2c1. The van der Waals surface area contributed by atoms with Crippen molar-refractivity contribution in [3.05, 3.63) is 76.8 Å². The first-order valence-electron chi connectivity index (χ1n) is 7.27. The van der Waals surface area contributed by atoms with Crippen LogP contribution in [0.25, 0.3) is 10.8 Å². The van der Waals surface area contributed by atoms with E-state index in [2.05, 4.69) is 15.9 Å². The molecule has 0 unspecified atom stereocenters. The van der Waals surface area contributed by atoms with Crippen LogP contribution in [-0.4, -0.2) is 19.2 Å². The molecule has 0 spiro atoms. The van der Waals surface area contributed by atoms with Gasteiger partial charge in [0.15, 0.2) is 0 Å². The van der Waals surface area contributed by atoms with Crippen LogP contribution in [0.5, 0.6) is 5.75 Å². The zero-order valence-corrected chi connectivity index (χ0v) is 14.0. The smallest absolute Gasteiger partial charge is 0.338 e. The highest BCUT2D eigenvalue weighted by molar-refractivity contribution is 9.10. The Morgan fingerprint density at radius 3 is 2.52 bits per heavy atom. The minimum atomic E-state index is -0.339. The summed E-state index contributed by atoms with van der Waals surface area (Å²) in [5, 5.41) is 2.12. The first kappa shape index (κ1) is 15.6. The highest BCUT2D eigenvalue weighted by Gasteiger charge is 2.07. The molecule has 0 aliphatic heterocycles. The second-order valence-corrected chi connectivity index (χ2v) is 5.92. The molecule has 116 valence electrons. The quantitative estimate of drug-likeness (QED) is 0.476. The molecule has 3 aromatic rings. The number of fused-ring (bicyclic) bond motifs is 1. The summed E-state index contributed by atoms with van der Waals surface area (Å²) in [4.78, 5) is 12.1. The van der Waals surface area contributed by atoms with Crippen molar-refractivity contribution in [2.75, 3.05) is 13.2 Å². The van der Waals surface area contributed by atoms with Gasteiger partial charge < -0.3 is 9.47 Å². The van der Waals surface area contributed by atoms with Gasteiger partial charge in [-0.3, -0.25) is 0 Å². The van der Waals surface area contributed by atoms with E-state index in [0.29, 0.717) is 12.2 Å². The predicted octanol–water partition coefficient (Wildman–Crippen LogP) is 4.84. The number of halogens is 1. The average molecular weight is 371 g/mol. The van der Waals surface area contributed by atoms with Gasteiger partial charge in [-0.2, -0.15) is 0 Å². The fraction of sp³-hybridized carbons (Fsp3) is 0.105. The van der Waals surface area contributed by atoms with Crippen molar-refractivity contribution in [1.29, 1.82) is 0 Å². The zero-order chi connectivity index (χ0) is 16.1. The molecule has 0 aromatic heterocycles. The Balaban J connectivity index is 1.54. The van der Waals surface area contributed by atoms with Crippen molar-refractivity contribution in [3.8, 4) is 5.75 Å². The van der Waals surface area contributed by atoms with Crippen LogP contribution in [0.4, 0.5) is 0 Å². The van der Waals surface area contributed by atoms with Crippen molar-refractivity contribution < 1.29 is 14.3 Å². The summed E-state index contributed by atoms with van der Waals surface area (Å²) < 4.78 is 11.7. The number of ether oxygens (including phenoxy) is 2. The van der Waals surface area contributed by atoms with E-state index in [1.807, 2.05) is 60.7 Å². The molecule has 0 fully saturated rings. The molecule has 3 nitrogen and oxygen atoms in total. The largest absolute Gasteiger partial charge is 0.490 e. The lowest BCUT2D eigenvalue weighted by Crippen LogP contribution is -2.12. The molecule has 0 heterocycles. The summed E-state index contributed by atoms with van der Waals surface area (Å²) >= 11 is 3.38. The predicted molar refractivity (Wildman–Crippen MR) is 93.9 cm³/mol. The Morgan fingerprint density at radius 2 is 1.70 bits per heavy atom. The van der Waals surface area contributed by atoms with E-state index in [-0.39, 0.29) is 12.6 Å². The van der Waals surface area contributed by atoms with E-state index in [0.717, 1.165) is 21.0 Å². The van der Waals surface area contributed by atoms with Crippen LogP contribution >= 0.6 is 15.9 Å². The fourth-order valence-corrected chi connectivity index (χ4v) is 2.63. The molecule has 0 radical (unpaired) electrons. The summed E-state index contributed by atoms with van der Waals surface area (Å²) in [5.41, 5.74) is 0.547. The third-order valence-electron chi connectivity index (χ3n) is 3.37. The van der Waals surface area contributed by atoms with Gasteiger partial charge in [0.2, 0.25) is 0 Å². The van der Waals surface area contributed by atoms with Crippen molar-refractivity contribution >= 4 is 32.7 Å². The van der Waals surface area contributed by atoms with Crippen LogP contribution in [0.2, 0.25) is 0 Å². The van der Waals surface area contributed by atoms with Gasteiger partial charge in [-0.1, -0.05) is 52.3 Å². The number of hydrogen-bond acceptors (Lipinski definition) is 3. The number of esters is 1. The Labute approximate surface area is 143 Å². The Bertz CT molecular complexity index is 829. The first-order chi connectivity index (χ1) is 11.2. The molecule has 0 atom stereocenters. The topological polar surface area (TPSA) is 35.5 Å². The number of carbonyl (C=O) groups is 1. The molecule has 23 heavy (non-hydrogen) atoms. The zero-order valence-electron chi connectivity index (χ0n) is 12.4. The van der Waals surface area contributed by atoms with E-state index in [4.69, 9.17) is 9.47 Å². The van der Waals surface area contributed by atoms with E-state index < -0.39 is 0 Å². The molecular formula is C19H15BrO3. The van der Waals surface area contributed by atoms with Gasteiger partial charge in [0.25, 0.3) is 0 Å². The first-order valence-corrected chi connectivity index (χ1v) is 8.06. The van der Waals surface area contributed by atoms with Gasteiger partial charge in [0.05, 0.1) is 5.56 Å². The number of rotatable bonds is 5. The molecular weight excluding hydrogens is 356 g/mol. The summed E-state index contributed by atoms with van der Waals surface area (Å²) in [6.07, 6.45) is 0. The third-order valence-corrected chi connectivity index (χ3v) is 3.86. The second kappa shape index (κ2) is 7.29. The van der Waals surface area contributed by atoms with Gasteiger partial charge in [0, 0.05) is 4.47 Å². The van der Waals surface area contributed by atoms with Gasteiger partial charge in [0.1, 0.15) is 19.0 Å². The summed E-state index contributed by atoms with van der Waals surface area (Å²) in [5.74, 6) is 0.398. The van der Waals surface area contributed by atoms with E-state index >= 15 is 0 Å². The highest BCUT2D eigenvalue weighted by Crippen LogP contribution is 2.18. The second-order valence-electron chi connectivity index (χ2n) is 5.00. The summed E-state index contributed by atoms with van der Waals surface area (Å²) in [6, 6.07) is 21.0. The van der Waals surface area contributed by atoms with Crippen molar-refractivity contribution in [2.45, 2.75) is 0 Å². The molecule has 4 heteroatoms. The monoisotopic (exact) mass is 370 g/mol. The average Bonchev–Trinajstić information content (AvgIpc) is 2.58. The maximum absolute atomic E-state index is 12.1. The van der Waals surface area contributed by atoms with Crippen LogP contribution in [0.15, 0.2) is 71.2 Å². The lowest BCUT2D eigenvalue weighted by Gasteiger charge is -2.08. The standard InChI is InChI=1S/C19H15BrO3/c20-17-6-3-7-18(13-17)22-10-11-23-19(21)16-9-8-14-4-1-2-5-15(14)12-16/h1-9,12-13H,10-11H2. The molecule has 0 aliphatic rings. The van der Waals surface area contributed by atoms with E-state index in [1.165, 1.54) is 0 Å². The van der Waals surface area contributed by atoms with Gasteiger partial charge >= 0.3 is 5.97 Å². The minimum absolute atomic E-state index is 0.207. The Kier molecular flexibility index (Phi) is 4.93. The number of benzene rings is 3. The number of hydrogen-bond donors (Lipinski definition) is 0. The fourth-order valence-electron chi connectivity index (χ4n) is 2.25. The minimum Gasteiger partial charge on any atom is -0.490 e. The van der Waals surface area contributed by atoms with Gasteiger partial charge in [-0.05, 0) is 41.1 Å². The lowest BCUT2D eigenvalue weighted by atomic mass is 10.1. The molecule has 0 aliphatic carbocycles. The van der Waals surface area contributed by atoms with Crippen LogP contribution in [-0.2, 0) is 4.74 Å². The summed E-state index contributed by atoms with van der Waals surface area (Å²) in [6.45, 7) is 0.522. The molecule has 0 N–H and O–H groups in total. The normalized spacial score (nSPS) is 10.5. The highest BCUT2D eigenvalue weighted by atomic mass is 79.9. The van der Waals surface area contributed by atoms with Crippen LogP contribution in [0, 0.1) is 0 Å². The molecule has 0 saturated carbocycles. The number of carbonyl (C=O) groups excluding carboxylic acids is 1.